The number of rotatable bonds is 1. The monoisotopic (exact) mass is 188 g/mol. The van der Waals surface area contributed by atoms with Gasteiger partial charge in [0.25, 0.3) is 0 Å². The van der Waals surface area contributed by atoms with Crippen molar-refractivity contribution < 1.29 is 4.84 Å². The predicted molar refractivity (Wildman–Crippen MR) is 36.8 cm³/mol. The lowest BCUT2D eigenvalue weighted by molar-refractivity contribution is 0.320. The summed E-state index contributed by atoms with van der Waals surface area (Å²) in [6.07, 6.45) is 1.61. The molecular weight excluding hydrogens is 184 g/mol. The van der Waals surface area contributed by atoms with E-state index in [1.807, 2.05) is 0 Å². The molecule has 0 fully saturated rings. The molecule has 0 aliphatic carbocycles. The number of halogens is 1. The van der Waals surface area contributed by atoms with Crippen LogP contribution in [-0.4, -0.2) is 4.98 Å². The van der Waals surface area contributed by atoms with Gasteiger partial charge in [0.05, 0.1) is 0 Å². The standard InChI is InChI=1S/C5H5BrN2O/c6-4-1-2-5(9-7)8-3-4/h1-3H,7H2. The zero-order valence-electron chi connectivity index (χ0n) is 4.54. The van der Waals surface area contributed by atoms with Gasteiger partial charge in [-0.15, -0.1) is 0 Å². The van der Waals surface area contributed by atoms with Crippen molar-refractivity contribution >= 4 is 15.9 Å². The highest BCUT2D eigenvalue weighted by Gasteiger charge is 1.89. The first-order chi connectivity index (χ1) is 4.33. The van der Waals surface area contributed by atoms with E-state index in [0.29, 0.717) is 5.88 Å². The number of pyridine rings is 1. The lowest BCUT2D eigenvalue weighted by Crippen LogP contribution is -2.02. The molecule has 0 unspecified atom stereocenters. The number of hydrogen-bond acceptors (Lipinski definition) is 3. The van der Waals surface area contributed by atoms with Gasteiger partial charge in [0.15, 0.2) is 0 Å². The lowest BCUT2D eigenvalue weighted by Gasteiger charge is -1.93. The van der Waals surface area contributed by atoms with Crippen LogP contribution >= 0.6 is 15.9 Å². The summed E-state index contributed by atoms with van der Waals surface area (Å²) in [5, 5.41) is 0. The Morgan fingerprint density at radius 3 is 2.78 bits per heavy atom. The molecule has 0 aromatic carbocycles. The van der Waals surface area contributed by atoms with E-state index < -0.39 is 0 Å². The van der Waals surface area contributed by atoms with Crippen LogP contribution in [0.1, 0.15) is 0 Å². The SMILES string of the molecule is NOc1ccc(Br)cn1. The second-order valence-electron chi connectivity index (χ2n) is 1.43. The van der Waals surface area contributed by atoms with Crippen molar-refractivity contribution in [2.75, 3.05) is 0 Å². The van der Waals surface area contributed by atoms with Crippen LogP contribution in [0.3, 0.4) is 0 Å². The van der Waals surface area contributed by atoms with E-state index in [9.17, 15) is 0 Å². The quantitative estimate of drug-likeness (QED) is 0.672. The Labute approximate surface area is 60.9 Å². The summed E-state index contributed by atoms with van der Waals surface area (Å²) in [4.78, 5) is 8.14. The molecule has 0 bridgehead atoms. The Hall–Kier alpha value is -0.610. The molecule has 3 nitrogen and oxygen atoms in total. The molecule has 1 heterocycles. The summed E-state index contributed by atoms with van der Waals surface area (Å²) < 4.78 is 0.906. The van der Waals surface area contributed by atoms with Crippen LogP contribution in [0, 0.1) is 0 Å². The van der Waals surface area contributed by atoms with E-state index in [1.165, 1.54) is 0 Å². The highest BCUT2D eigenvalue weighted by molar-refractivity contribution is 9.10. The number of aromatic nitrogens is 1. The maximum atomic E-state index is 4.82. The molecule has 0 amide bonds. The molecule has 0 saturated carbocycles. The van der Waals surface area contributed by atoms with Crippen LogP contribution in [0.25, 0.3) is 0 Å². The molecule has 0 radical (unpaired) electrons. The fourth-order valence-corrected chi connectivity index (χ4v) is 0.667. The van der Waals surface area contributed by atoms with E-state index in [1.54, 1.807) is 18.3 Å². The van der Waals surface area contributed by atoms with Crippen LogP contribution in [0.15, 0.2) is 22.8 Å². The van der Waals surface area contributed by atoms with Crippen LogP contribution in [-0.2, 0) is 0 Å². The van der Waals surface area contributed by atoms with Crippen molar-refractivity contribution in [1.82, 2.24) is 4.98 Å². The van der Waals surface area contributed by atoms with Crippen molar-refractivity contribution in [2.24, 2.45) is 5.90 Å². The summed E-state index contributed by atoms with van der Waals surface area (Å²) in [6, 6.07) is 3.47. The van der Waals surface area contributed by atoms with Gasteiger partial charge >= 0.3 is 0 Å². The summed E-state index contributed by atoms with van der Waals surface area (Å²) in [6.45, 7) is 0. The summed E-state index contributed by atoms with van der Waals surface area (Å²) >= 11 is 3.22. The third kappa shape index (κ3) is 1.65. The van der Waals surface area contributed by atoms with Gasteiger partial charge in [0.1, 0.15) is 0 Å². The van der Waals surface area contributed by atoms with Crippen molar-refractivity contribution in [3.05, 3.63) is 22.8 Å². The molecule has 4 heteroatoms. The smallest absolute Gasteiger partial charge is 0.237 e. The van der Waals surface area contributed by atoms with Crippen LogP contribution in [0.5, 0.6) is 5.88 Å². The maximum Gasteiger partial charge on any atom is 0.237 e. The van der Waals surface area contributed by atoms with Gasteiger partial charge < -0.3 is 4.84 Å². The minimum atomic E-state index is 0.415. The molecule has 0 aliphatic heterocycles. The van der Waals surface area contributed by atoms with Gasteiger partial charge in [-0.05, 0) is 22.0 Å². The Morgan fingerprint density at radius 2 is 2.33 bits per heavy atom. The Kier molecular flexibility index (Phi) is 2.02. The normalized spacial score (nSPS) is 9.11. The molecule has 48 valence electrons. The molecule has 0 atom stereocenters. The zero-order valence-corrected chi connectivity index (χ0v) is 6.13. The van der Waals surface area contributed by atoms with Gasteiger partial charge in [-0.1, -0.05) is 0 Å². The average Bonchev–Trinajstić information content (AvgIpc) is 1.90. The number of hydrogen-bond donors (Lipinski definition) is 1. The Balaban J connectivity index is 2.88. The van der Waals surface area contributed by atoms with E-state index in [0.717, 1.165) is 4.47 Å². The topological polar surface area (TPSA) is 48.1 Å². The first-order valence-electron chi connectivity index (χ1n) is 2.31. The highest BCUT2D eigenvalue weighted by Crippen LogP contribution is 2.10. The predicted octanol–water partition coefficient (Wildman–Crippen LogP) is 1.10. The van der Waals surface area contributed by atoms with Crippen molar-refractivity contribution in [3.8, 4) is 5.88 Å². The fraction of sp³-hybridized carbons (Fsp3) is 0. The first kappa shape index (κ1) is 6.51. The molecular formula is C5H5BrN2O. The third-order valence-electron chi connectivity index (χ3n) is 0.821. The number of nitrogens with two attached hydrogens (primary N) is 1. The van der Waals surface area contributed by atoms with Crippen LogP contribution < -0.4 is 10.7 Å². The van der Waals surface area contributed by atoms with Gasteiger partial charge in [-0.3, -0.25) is 0 Å². The second-order valence-corrected chi connectivity index (χ2v) is 2.35. The van der Waals surface area contributed by atoms with Gasteiger partial charge in [0.2, 0.25) is 5.88 Å². The fourth-order valence-electron chi connectivity index (χ4n) is 0.432. The van der Waals surface area contributed by atoms with E-state index in [-0.39, 0.29) is 0 Å². The molecule has 0 saturated heterocycles. The van der Waals surface area contributed by atoms with Gasteiger partial charge in [-0.25, -0.2) is 4.98 Å². The molecule has 1 rings (SSSR count). The Morgan fingerprint density at radius 1 is 1.56 bits per heavy atom. The molecule has 1 aromatic rings. The second kappa shape index (κ2) is 2.80. The first-order valence-corrected chi connectivity index (χ1v) is 3.10. The zero-order chi connectivity index (χ0) is 6.69. The molecule has 1 aromatic heterocycles. The van der Waals surface area contributed by atoms with Crippen LogP contribution in [0.2, 0.25) is 0 Å². The molecule has 2 N–H and O–H groups in total. The number of nitrogens with zero attached hydrogens (tertiary/aromatic N) is 1. The van der Waals surface area contributed by atoms with Crippen molar-refractivity contribution in [2.45, 2.75) is 0 Å². The summed E-state index contributed by atoms with van der Waals surface area (Å²) in [5.41, 5.74) is 0. The molecule has 9 heavy (non-hydrogen) atoms. The van der Waals surface area contributed by atoms with Crippen LogP contribution in [0.4, 0.5) is 0 Å². The summed E-state index contributed by atoms with van der Waals surface area (Å²) in [5.74, 6) is 5.24. The van der Waals surface area contributed by atoms with E-state index >= 15 is 0 Å². The summed E-state index contributed by atoms with van der Waals surface area (Å²) in [7, 11) is 0. The highest BCUT2D eigenvalue weighted by atomic mass is 79.9. The largest absolute Gasteiger partial charge is 0.391 e. The van der Waals surface area contributed by atoms with Crippen molar-refractivity contribution in [1.29, 1.82) is 0 Å². The lowest BCUT2D eigenvalue weighted by atomic mass is 10.5. The maximum absolute atomic E-state index is 4.82. The average molecular weight is 189 g/mol. The van der Waals surface area contributed by atoms with E-state index in [4.69, 9.17) is 5.90 Å². The van der Waals surface area contributed by atoms with Crippen molar-refractivity contribution in [3.63, 3.8) is 0 Å². The Bertz CT molecular complexity index is 187. The molecule has 0 spiro atoms. The minimum Gasteiger partial charge on any atom is -0.391 e. The van der Waals surface area contributed by atoms with Gasteiger partial charge in [-0.2, -0.15) is 5.90 Å². The minimum absolute atomic E-state index is 0.415. The molecule has 0 aliphatic rings. The third-order valence-corrected chi connectivity index (χ3v) is 1.29. The van der Waals surface area contributed by atoms with Gasteiger partial charge in [0, 0.05) is 16.7 Å². The van der Waals surface area contributed by atoms with E-state index in [2.05, 4.69) is 25.8 Å².